The van der Waals surface area contributed by atoms with Gasteiger partial charge in [0.1, 0.15) is 11.3 Å². The maximum Gasteiger partial charge on any atom is 0.303 e. The zero-order valence-corrected chi connectivity index (χ0v) is 24.0. The lowest BCUT2D eigenvalue weighted by atomic mass is 9.89. The SMILES string of the molecule is Cc1nn([C@H](C)c2ccc(Cl)cc2Cl)c2nc(N3CCC(N4CCCC4C(C)CC(=O)O)C(C)C3)cnc12. The van der Waals surface area contributed by atoms with Crippen LogP contribution in [0.25, 0.3) is 11.2 Å². The molecule has 1 N–H and O–H groups in total. The molecule has 1 aromatic carbocycles. The van der Waals surface area contributed by atoms with E-state index in [0.29, 0.717) is 28.0 Å². The molecule has 2 fully saturated rings. The molecule has 2 aliphatic rings. The van der Waals surface area contributed by atoms with Crippen LogP contribution in [0, 0.1) is 18.8 Å². The Morgan fingerprint density at radius 3 is 2.71 bits per heavy atom. The Bertz CT molecular complexity index is 1330. The Balaban J connectivity index is 1.36. The van der Waals surface area contributed by atoms with Crippen molar-refractivity contribution >= 4 is 46.2 Å². The van der Waals surface area contributed by atoms with Crippen molar-refractivity contribution in [2.45, 2.75) is 71.5 Å². The number of rotatable bonds is 7. The molecule has 2 saturated heterocycles. The molecule has 10 heteroatoms. The third-order valence-corrected chi connectivity index (χ3v) is 9.01. The first kappa shape index (κ1) is 27.2. The maximum absolute atomic E-state index is 11.3. The summed E-state index contributed by atoms with van der Waals surface area (Å²) >= 11 is 12.6. The molecule has 2 aromatic heterocycles. The fourth-order valence-corrected chi connectivity index (χ4v) is 7.09. The fraction of sp³-hybridized carbons (Fsp3) is 0.571. The van der Waals surface area contributed by atoms with Gasteiger partial charge in [-0.1, -0.05) is 43.1 Å². The standard InChI is InChI=1S/C28H36Cl2N6O2/c1-16(12-26(37)38)23-6-5-10-35(23)24-9-11-34(15-17(24)2)25-14-31-27-18(3)33-36(28(27)32-25)19(4)21-8-7-20(29)13-22(21)30/h7-8,13-14,16-17,19,23-24H,5-6,9-12,15H2,1-4H3,(H,37,38)/t16?,17?,19-,23?,24?/m1/s1. The minimum absolute atomic E-state index is 0.134. The highest BCUT2D eigenvalue weighted by Crippen LogP contribution is 2.35. The summed E-state index contributed by atoms with van der Waals surface area (Å²) in [5, 5.41) is 15.3. The van der Waals surface area contributed by atoms with Gasteiger partial charge in [0, 0.05) is 41.6 Å². The van der Waals surface area contributed by atoms with Gasteiger partial charge in [0.2, 0.25) is 0 Å². The van der Waals surface area contributed by atoms with E-state index in [0.717, 1.165) is 67.1 Å². The Morgan fingerprint density at radius 1 is 1.21 bits per heavy atom. The molecule has 0 spiro atoms. The van der Waals surface area contributed by atoms with Crippen molar-refractivity contribution in [3.8, 4) is 0 Å². The van der Waals surface area contributed by atoms with Gasteiger partial charge in [-0.05, 0) is 69.2 Å². The summed E-state index contributed by atoms with van der Waals surface area (Å²) in [6.45, 7) is 11.2. The van der Waals surface area contributed by atoms with Gasteiger partial charge in [0.15, 0.2) is 5.65 Å². The Morgan fingerprint density at radius 2 is 2.00 bits per heavy atom. The molecule has 4 heterocycles. The zero-order valence-electron chi connectivity index (χ0n) is 22.4. The van der Waals surface area contributed by atoms with Crippen LogP contribution in [-0.2, 0) is 4.79 Å². The van der Waals surface area contributed by atoms with Gasteiger partial charge in [0.05, 0.1) is 17.9 Å². The normalized spacial score (nSPS) is 24.2. The van der Waals surface area contributed by atoms with E-state index in [2.05, 4.69) is 30.6 Å². The number of aliphatic carboxylic acids is 1. The van der Waals surface area contributed by atoms with Gasteiger partial charge in [0.25, 0.3) is 0 Å². The molecule has 3 aromatic rings. The average molecular weight is 560 g/mol. The number of carboxylic acids is 1. The van der Waals surface area contributed by atoms with Gasteiger partial charge in [-0.2, -0.15) is 5.10 Å². The van der Waals surface area contributed by atoms with Gasteiger partial charge in [-0.15, -0.1) is 0 Å². The maximum atomic E-state index is 11.3. The van der Waals surface area contributed by atoms with Gasteiger partial charge < -0.3 is 10.0 Å². The molecule has 0 amide bonds. The number of hydrogen-bond acceptors (Lipinski definition) is 6. The van der Waals surface area contributed by atoms with Crippen LogP contribution in [0.15, 0.2) is 24.4 Å². The van der Waals surface area contributed by atoms with Crippen LogP contribution in [0.5, 0.6) is 0 Å². The molecule has 8 nitrogen and oxygen atoms in total. The third-order valence-electron chi connectivity index (χ3n) is 8.44. The smallest absolute Gasteiger partial charge is 0.303 e. The molecular formula is C28H36Cl2N6O2. The number of benzene rings is 1. The number of piperidine rings is 1. The van der Waals surface area contributed by atoms with Crippen molar-refractivity contribution in [2.75, 3.05) is 24.5 Å². The molecule has 0 radical (unpaired) electrons. The first-order valence-electron chi connectivity index (χ1n) is 13.5. The quantitative estimate of drug-likeness (QED) is 0.389. The summed E-state index contributed by atoms with van der Waals surface area (Å²) in [6.07, 6.45) is 5.34. The number of aryl methyl sites for hydroxylation is 1. The number of anilines is 1. The van der Waals surface area contributed by atoms with E-state index in [4.69, 9.17) is 38.3 Å². The molecule has 0 aliphatic carbocycles. The van der Waals surface area contributed by atoms with Crippen molar-refractivity contribution in [1.29, 1.82) is 0 Å². The third kappa shape index (κ3) is 5.23. The van der Waals surface area contributed by atoms with E-state index in [9.17, 15) is 9.90 Å². The molecule has 5 atom stereocenters. The summed E-state index contributed by atoms with van der Waals surface area (Å²) in [4.78, 5) is 26.1. The number of aromatic nitrogens is 4. The van der Waals surface area contributed by atoms with E-state index in [1.807, 2.05) is 29.9 Å². The molecule has 0 saturated carbocycles. The average Bonchev–Trinajstić information content (AvgIpc) is 3.48. The van der Waals surface area contributed by atoms with Crippen molar-refractivity contribution in [2.24, 2.45) is 11.8 Å². The number of carboxylic acid groups (broad SMARTS) is 1. The summed E-state index contributed by atoms with van der Waals surface area (Å²) in [5.74, 6) is 0.740. The zero-order chi connectivity index (χ0) is 27.1. The highest BCUT2D eigenvalue weighted by Gasteiger charge is 2.39. The van der Waals surface area contributed by atoms with Gasteiger partial charge in [-0.3, -0.25) is 9.69 Å². The molecule has 2 aliphatic heterocycles. The van der Waals surface area contributed by atoms with E-state index in [1.165, 1.54) is 0 Å². The van der Waals surface area contributed by atoms with Crippen molar-refractivity contribution in [1.82, 2.24) is 24.6 Å². The first-order valence-corrected chi connectivity index (χ1v) is 14.3. The fourth-order valence-electron chi connectivity index (χ4n) is 6.52. The van der Waals surface area contributed by atoms with Crippen LogP contribution in [0.4, 0.5) is 5.82 Å². The van der Waals surface area contributed by atoms with E-state index in [1.54, 1.807) is 6.07 Å². The van der Waals surface area contributed by atoms with Crippen LogP contribution in [0.3, 0.4) is 0 Å². The minimum atomic E-state index is -0.705. The summed E-state index contributed by atoms with van der Waals surface area (Å²) in [6, 6.07) is 6.19. The number of hydrogen-bond donors (Lipinski definition) is 1. The molecular weight excluding hydrogens is 523 g/mol. The number of nitrogens with zero attached hydrogens (tertiary/aromatic N) is 6. The lowest BCUT2D eigenvalue weighted by Gasteiger charge is -2.44. The molecule has 38 heavy (non-hydrogen) atoms. The molecule has 204 valence electrons. The van der Waals surface area contributed by atoms with E-state index >= 15 is 0 Å². The first-order chi connectivity index (χ1) is 18.1. The van der Waals surface area contributed by atoms with Crippen molar-refractivity contribution < 1.29 is 9.90 Å². The second-order valence-corrected chi connectivity index (χ2v) is 11.9. The molecule has 4 unspecified atom stereocenters. The number of fused-ring (bicyclic) bond motifs is 1. The van der Waals surface area contributed by atoms with Crippen LogP contribution < -0.4 is 4.90 Å². The van der Waals surface area contributed by atoms with Gasteiger partial charge in [-0.25, -0.2) is 14.6 Å². The monoisotopic (exact) mass is 558 g/mol. The Kier molecular flexibility index (Phi) is 7.85. The highest BCUT2D eigenvalue weighted by atomic mass is 35.5. The summed E-state index contributed by atoms with van der Waals surface area (Å²) in [7, 11) is 0. The Labute approximate surface area is 233 Å². The number of likely N-dealkylation sites (tertiary alicyclic amines) is 1. The number of halogens is 2. The van der Waals surface area contributed by atoms with E-state index < -0.39 is 5.97 Å². The van der Waals surface area contributed by atoms with Crippen LogP contribution in [-0.4, -0.2) is 67.4 Å². The van der Waals surface area contributed by atoms with Crippen molar-refractivity contribution in [3.05, 3.63) is 45.7 Å². The summed E-state index contributed by atoms with van der Waals surface area (Å²) in [5.41, 5.74) is 3.30. The second-order valence-electron chi connectivity index (χ2n) is 11.1. The van der Waals surface area contributed by atoms with Crippen LogP contribution in [0.1, 0.15) is 63.8 Å². The highest BCUT2D eigenvalue weighted by molar-refractivity contribution is 6.35. The summed E-state index contributed by atoms with van der Waals surface area (Å²) < 4.78 is 1.91. The van der Waals surface area contributed by atoms with Crippen molar-refractivity contribution in [3.63, 3.8) is 0 Å². The van der Waals surface area contributed by atoms with Crippen LogP contribution in [0.2, 0.25) is 10.0 Å². The van der Waals surface area contributed by atoms with E-state index in [-0.39, 0.29) is 18.4 Å². The van der Waals surface area contributed by atoms with Crippen LogP contribution >= 0.6 is 23.2 Å². The predicted molar refractivity (Wildman–Crippen MR) is 151 cm³/mol. The minimum Gasteiger partial charge on any atom is -0.481 e. The Hall–Kier alpha value is -2.42. The largest absolute Gasteiger partial charge is 0.481 e. The molecule has 0 bridgehead atoms. The lowest BCUT2D eigenvalue weighted by molar-refractivity contribution is -0.138. The second kappa shape index (κ2) is 11.0. The molecule has 5 rings (SSSR count). The topological polar surface area (TPSA) is 87.4 Å². The lowest BCUT2D eigenvalue weighted by Crippen LogP contribution is -2.53. The predicted octanol–water partition coefficient (Wildman–Crippen LogP) is 5.84. The van der Waals surface area contributed by atoms with Gasteiger partial charge >= 0.3 is 5.97 Å². The number of carbonyl (C=O) groups is 1.